The predicted octanol–water partition coefficient (Wildman–Crippen LogP) is 2.74. The summed E-state index contributed by atoms with van der Waals surface area (Å²) in [5.41, 5.74) is 1.15. The van der Waals surface area contributed by atoms with E-state index in [0.717, 1.165) is 12.0 Å². The summed E-state index contributed by atoms with van der Waals surface area (Å²) in [7, 11) is 0. The summed E-state index contributed by atoms with van der Waals surface area (Å²) < 4.78 is 0.182. The van der Waals surface area contributed by atoms with E-state index in [1.807, 2.05) is 42.1 Å². The van der Waals surface area contributed by atoms with Gasteiger partial charge in [0.15, 0.2) is 0 Å². The highest BCUT2D eigenvalue weighted by Gasteiger charge is 2.29. The van der Waals surface area contributed by atoms with Crippen LogP contribution in [0.25, 0.3) is 0 Å². The van der Waals surface area contributed by atoms with E-state index in [4.69, 9.17) is 0 Å². The van der Waals surface area contributed by atoms with Gasteiger partial charge in [-0.1, -0.05) is 30.3 Å². The van der Waals surface area contributed by atoms with Crippen molar-refractivity contribution in [2.45, 2.75) is 36.9 Å². The van der Waals surface area contributed by atoms with E-state index in [0.29, 0.717) is 19.5 Å². The smallest absolute Gasteiger partial charge is 0.314 e. The van der Waals surface area contributed by atoms with Gasteiger partial charge in [0.1, 0.15) is 0 Å². The van der Waals surface area contributed by atoms with Gasteiger partial charge in [-0.15, -0.1) is 0 Å². The molecule has 0 spiro atoms. The number of rotatable bonds is 7. The van der Waals surface area contributed by atoms with E-state index >= 15 is 0 Å². The van der Waals surface area contributed by atoms with Gasteiger partial charge in [0, 0.05) is 30.4 Å². The maximum absolute atomic E-state index is 12.0. The molecule has 3 N–H and O–H groups in total. The Hall–Kier alpha value is -1.20. The first-order valence-corrected chi connectivity index (χ1v) is 8.93. The topological polar surface area (TPSA) is 61.4 Å². The van der Waals surface area contributed by atoms with E-state index in [1.165, 1.54) is 12.2 Å². The van der Waals surface area contributed by atoms with Gasteiger partial charge in [0.2, 0.25) is 0 Å². The molecule has 1 aromatic rings. The van der Waals surface area contributed by atoms with Crippen molar-refractivity contribution in [3.05, 3.63) is 35.9 Å². The van der Waals surface area contributed by atoms with Crippen molar-refractivity contribution in [3.8, 4) is 0 Å². The average Bonchev–Trinajstić information content (AvgIpc) is 2.97. The second-order valence-electron chi connectivity index (χ2n) is 6.09. The molecule has 0 aliphatic carbocycles. The largest absolute Gasteiger partial charge is 0.396 e. The number of amides is 2. The number of carbonyl (C=O) groups is 1. The Bertz CT molecular complexity index is 461. The summed E-state index contributed by atoms with van der Waals surface area (Å²) in [4.78, 5) is 12.0. The van der Waals surface area contributed by atoms with Crippen LogP contribution in [0.4, 0.5) is 4.79 Å². The van der Waals surface area contributed by atoms with Crippen molar-refractivity contribution in [2.75, 3.05) is 25.4 Å². The third-order valence-electron chi connectivity index (χ3n) is 4.18. The molecular formula is C17H26N2O2S. The Balaban J connectivity index is 1.78. The number of aliphatic hydroxyl groups excluding tert-OH is 1. The van der Waals surface area contributed by atoms with Crippen LogP contribution in [0.5, 0.6) is 0 Å². The molecule has 122 valence electrons. The number of aliphatic hydroxyl groups is 1. The summed E-state index contributed by atoms with van der Waals surface area (Å²) in [5.74, 6) is 1.33. The van der Waals surface area contributed by atoms with Gasteiger partial charge in [0.05, 0.1) is 0 Å². The fourth-order valence-corrected chi connectivity index (χ4v) is 4.03. The van der Waals surface area contributed by atoms with Gasteiger partial charge in [-0.3, -0.25) is 0 Å². The Labute approximate surface area is 137 Å². The lowest BCUT2D eigenvalue weighted by Gasteiger charge is -2.23. The van der Waals surface area contributed by atoms with Crippen LogP contribution in [-0.2, 0) is 0 Å². The summed E-state index contributed by atoms with van der Waals surface area (Å²) in [6.07, 6.45) is 3.05. The molecule has 4 nitrogen and oxygen atoms in total. The molecule has 2 unspecified atom stereocenters. The van der Waals surface area contributed by atoms with Crippen molar-refractivity contribution in [2.24, 2.45) is 0 Å². The molecule has 1 heterocycles. The van der Waals surface area contributed by atoms with E-state index in [-0.39, 0.29) is 23.3 Å². The van der Waals surface area contributed by atoms with Crippen molar-refractivity contribution >= 4 is 17.8 Å². The van der Waals surface area contributed by atoms with Gasteiger partial charge in [-0.25, -0.2) is 4.79 Å². The van der Waals surface area contributed by atoms with Crippen LogP contribution in [0.1, 0.15) is 37.7 Å². The van der Waals surface area contributed by atoms with Gasteiger partial charge < -0.3 is 15.7 Å². The Morgan fingerprint density at radius 3 is 2.77 bits per heavy atom. The third kappa shape index (κ3) is 5.21. The first kappa shape index (κ1) is 17.2. The molecule has 0 radical (unpaired) electrons. The maximum Gasteiger partial charge on any atom is 0.314 e. The molecule has 1 aliphatic heterocycles. The van der Waals surface area contributed by atoms with Crippen LogP contribution < -0.4 is 10.6 Å². The number of benzene rings is 1. The minimum absolute atomic E-state index is 0.118. The lowest BCUT2D eigenvalue weighted by molar-refractivity contribution is 0.236. The van der Waals surface area contributed by atoms with Crippen molar-refractivity contribution < 1.29 is 9.90 Å². The minimum Gasteiger partial charge on any atom is -0.396 e. The first-order chi connectivity index (χ1) is 10.6. The number of thioether (sulfide) groups is 1. The van der Waals surface area contributed by atoms with E-state index in [2.05, 4.69) is 17.6 Å². The van der Waals surface area contributed by atoms with Crippen LogP contribution in [-0.4, -0.2) is 41.3 Å². The Kier molecular flexibility index (Phi) is 6.58. The monoisotopic (exact) mass is 322 g/mol. The zero-order valence-electron chi connectivity index (χ0n) is 13.2. The van der Waals surface area contributed by atoms with Crippen molar-refractivity contribution in [1.29, 1.82) is 0 Å². The molecule has 2 rings (SSSR count). The maximum atomic E-state index is 12.0. The van der Waals surface area contributed by atoms with Crippen LogP contribution in [0.2, 0.25) is 0 Å². The molecule has 5 heteroatoms. The molecule has 1 saturated heterocycles. The van der Waals surface area contributed by atoms with Gasteiger partial charge in [-0.2, -0.15) is 11.8 Å². The number of nitrogens with one attached hydrogen (secondary N) is 2. The SMILES string of the molecule is CC1(CNC(=O)NCC(CCO)c2ccccc2)CCCS1. The minimum atomic E-state index is -0.118. The number of hydrogen-bond acceptors (Lipinski definition) is 3. The van der Waals surface area contributed by atoms with Gasteiger partial charge in [-0.05, 0) is 37.5 Å². The van der Waals surface area contributed by atoms with Crippen LogP contribution in [0, 0.1) is 0 Å². The van der Waals surface area contributed by atoms with Gasteiger partial charge in [0.25, 0.3) is 0 Å². The molecule has 1 aromatic carbocycles. The highest BCUT2D eigenvalue weighted by atomic mass is 32.2. The number of urea groups is 1. The van der Waals surface area contributed by atoms with Gasteiger partial charge >= 0.3 is 6.03 Å². The quantitative estimate of drug-likeness (QED) is 0.723. The lowest BCUT2D eigenvalue weighted by Crippen LogP contribution is -2.43. The van der Waals surface area contributed by atoms with Crippen molar-refractivity contribution in [1.82, 2.24) is 10.6 Å². The highest BCUT2D eigenvalue weighted by molar-refractivity contribution is 8.00. The highest BCUT2D eigenvalue weighted by Crippen LogP contribution is 2.36. The second-order valence-corrected chi connectivity index (χ2v) is 7.77. The average molecular weight is 322 g/mol. The van der Waals surface area contributed by atoms with Crippen LogP contribution >= 0.6 is 11.8 Å². The third-order valence-corrected chi connectivity index (χ3v) is 5.72. The van der Waals surface area contributed by atoms with E-state index in [1.54, 1.807) is 0 Å². The second kappa shape index (κ2) is 8.44. The predicted molar refractivity (Wildman–Crippen MR) is 92.4 cm³/mol. The normalized spacial score (nSPS) is 22.3. The van der Waals surface area contributed by atoms with Crippen LogP contribution in [0.3, 0.4) is 0 Å². The molecule has 1 fully saturated rings. The molecule has 2 atom stereocenters. The Morgan fingerprint density at radius 2 is 2.14 bits per heavy atom. The fraction of sp³-hybridized carbons (Fsp3) is 0.588. The lowest BCUT2D eigenvalue weighted by atomic mass is 9.96. The van der Waals surface area contributed by atoms with Crippen LogP contribution in [0.15, 0.2) is 30.3 Å². The first-order valence-electron chi connectivity index (χ1n) is 7.94. The summed E-state index contributed by atoms with van der Waals surface area (Å²) in [6, 6.07) is 9.90. The molecule has 0 saturated carbocycles. The molecule has 22 heavy (non-hydrogen) atoms. The van der Waals surface area contributed by atoms with E-state index in [9.17, 15) is 9.90 Å². The fourth-order valence-electron chi connectivity index (χ4n) is 2.79. The molecule has 0 bridgehead atoms. The molecule has 0 aromatic heterocycles. The summed E-state index contributed by atoms with van der Waals surface area (Å²) in [5, 5.41) is 15.1. The number of hydrogen-bond donors (Lipinski definition) is 3. The zero-order valence-corrected chi connectivity index (χ0v) is 14.0. The summed E-state index contributed by atoms with van der Waals surface area (Å²) >= 11 is 1.94. The standard InChI is InChI=1S/C17H26N2O2S/c1-17(9-5-11-22-17)13-19-16(21)18-12-15(8-10-20)14-6-3-2-4-7-14/h2-4,6-7,15,20H,5,8-13H2,1H3,(H2,18,19,21). The molecule has 2 amide bonds. The van der Waals surface area contributed by atoms with E-state index < -0.39 is 0 Å². The molecule has 1 aliphatic rings. The summed E-state index contributed by atoms with van der Waals surface area (Å²) in [6.45, 7) is 3.58. The molecular weight excluding hydrogens is 296 g/mol. The number of carbonyl (C=O) groups excluding carboxylic acids is 1. The van der Waals surface area contributed by atoms with Crippen molar-refractivity contribution in [3.63, 3.8) is 0 Å². The zero-order chi connectivity index (χ0) is 15.8. The Morgan fingerprint density at radius 1 is 1.36 bits per heavy atom.